The molecule has 0 saturated heterocycles. The van der Waals surface area contributed by atoms with E-state index in [4.69, 9.17) is 4.74 Å². The third kappa shape index (κ3) is 7.99. The molecule has 1 atom stereocenters. The Hall–Kier alpha value is -3.07. The first-order valence-corrected chi connectivity index (χ1v) is 13.6. The Balaban J connectivity index is 2.38. The van der Waals surface area contributed by atoms with Gasteiger partial charge in [-0.1, -0.05) is 31.5 Å². The number of ether oxygens (including phenoxy) is 1. The smallest absolute Gasteiger partial charge is 0.244 e. The largest absolute Gasteiger partial charge is 0.497 e. The van der Waals surface area contributed by atoms with Gasteiger partial charge in [-0.15, -0.1) is 0 Å². The fraction of sp³-hybridized carbons (Fsp3) is 0.462. The molecule has 0 radical (unpaired) electrons. The van der Waals surface area contributed by atoms with E-state index in [0.717, 1.165) is 40.1 Å². The Kier molecular flexibility index (Phi) is 10.1. The van der Waals surface area contributed by atoms with E-state index in [9.17, 15) is 18.0 Å². The molecule has 0 heterocycles. The number of methoxy groups -OCH3 is 1. The summed E-state index contributed by atoms with van der Waals surface area (Å²) in [6.07, 6.45) is 2.83. The van der Waals surface area contributed by atoms with Crippen LogP contribution >= 0.6 is 0 Å². The van der Waals surface area contributed by atoms with E-state index in [1.165, 1.54) is 4.90 Å². The van der Waals surface area contributed by atoms with E-state index in [1.54, 1.807) is 44.4 Å². The van der Waals surface area contributed by atoms with Gasteiger partial charge in [0.2, 0.25) is 21.8 Å². The molecule has 0 aliphatic heterocycles. The Morgan fingerprint density at radius 1 is 1.09 bits per heavy atom. The van der Waals surface area contributed by atoms with Crippen molar-refractivity contribution in [2.45, 2.75) is 53.1 Å². The van der Waals surface area contributed by atoms with Crippen LogP contribution in [0.3, 0.4) is 0 Å². The Labute approximate surface area is 209 Å². The zero-order chi connectivity index (χ0) is 26.2. The van der Waals surface area contributed by atoms with Crippen LogP contribution in [0.4, 0.5) is 5.69 Å². The number of hydrogen-bond donors (Lipinski definition) is 1. The molecule has 2 amide bonds. The van der Waals surface area contributed by atoms with Gasteiger partial charge in [-0.2, -0.15) is 0 Å². The zero-order valence-corrected chi connectivity index (χ0v) is 22.3. The highest BCUT2D eigenvalue weighted by molar-refractivity contribution is 7.92. The van der Waals surface area contributed by atoms with Crippen molar-refractivity contribution in [2.24, 2.45) is 0 Å². The van der Waals surface area contributed by atoms with Crippen LogP contribution in [-0.2, 0) is 26.2 Å². The first-order valence-electron chi connectivity index (χ1n) is 11.7. The van der Waals surface area contributed by atoms with E-state index >= 15 is 0 Å². The van der Waals surface area contributed by atoms with Gasteiger partial charge >= 0.3 is 0 Å². The van der Waals surface area contributed by atoms with Gasteiger partial charge in [-0.3, -0.25) is 13.9 Å². The maximum Gasteiger partial charge on any atom is 0.244 e. The maximum atomic E-state index is 13.6. The molecule has 0 unspecified atom stereocenters. The molecule has 0 aromatic heterocycles. The average molecular weight is 504 g/mol. The maximum absolute atomic E-state index is 13.6. The van der Waals surface area contributed by atoms with Crippen LogP contribution in [0, 0.1) is 13.8 Å². The molecule has 0 aliphatic rings. The molecule has 2 rings (SSSR count). The lowest BCUT2D eigenvalue weighted by Gasteiger charge is -2.31. The van der Waals surface area contributed by atoms with Crippen molar-refractivity contribution in [1.82, 2.24) is 10.2 Å². The predicted molar refractivity (Wildman–Crippen MR) is 139 cm³/mol. The second kappa shape index (κ2) is 12.6. The first-order chi connectivity index (χ1) is 16.5. The minimum atomic E-state index is -3.76. The second-order valence-corrected chi connectivity index (χ2v) is 10.6. The van der Waals surface area contributed by atoms with Crippen LogP contribution in [0.2, 0.25) is 0 Å². The van der Waals surface area contributed by atoms with Gasteiger partial charge in [0, 0.05) is 13.1 Å². The van der Waals surface area contributed by atoms with Crippen LogP contribution in [0.1, 0.15) is 43.4 Å². The van der Waals surface area contributed by atoms with Crippen LogP contribution in [0.15, 0.2) is 42.5 Å². The minimum absolute atomic E-state index is 0.128. The standard InChI is InChI=1S/C26H37N3O5S/c1-7-8-14-27-26(31)21(4)28(17-22-10-9-11-24(16-22)34-5)25(30)18-29(35(6,32)33)23-13-12-19(2)20(3)15-23/h9-13,15-16,21H,7-8,14,17-18H2,1-6H3,(H,27,31)/t21-/m1/s1. The van der Waals surface area contributed by atoms with Crippen LogP contribution in [0.5, 0.6) is 5.75 Å². The number of sulfonamides is 1. The van der Waals surface area contributed by atoms with E-state index in [0.29, 0.717) is 18.0 Å². The van der Waals surface area contributed by atoms with Crippen molar-refractivity contribution in [1.29, 1.82) is 0 Å². The average Bonchev–Trinajstić information content (AvgIpc) is 2.81. The monoisotopic (exact) mass is 503 g/mol. The van der Waals surface area contributed by atoms with E-state index in [2.05, 4.69) is 5.32 Å². The topological polar surface area (TPSA) is 96.0 Å². The number of carbonyl (C=O) groups is 2. The lowest BCUT2D eigenvalue weighted by molar-refractivity contribution is -0.139. The second-order valence-electron chi connectivity index (χ2n) is 8.73. The number of anilines is 1. The summed E-state index contributed by atoms with van der Waals surface area (Å²) in [5.74, 6) is -0.135. The lowest BCUT2D eigenvalue weighted by Crippen LogP contribution is -2.51. The normalized spacial score (nSPS) is 12.1. The molecule has 2 aromatic rings. The van der Waals surface area contributed by atoms with Crippen molar-refractivity contribution >= 4 is 27.5 Å². The van der Waals surface area contributed by atoms with Crippen LogP contribution in [0.25, 0.3) is 0 Å². The zero-order valence-electron chi connectivity index (χ0n) is 21.5. The van der Waals surface area contributed by atoms with Gasteiger partial charge < -0.3 is 15.0 Å². The SMILES string of the molecule is CCCCNC(=O)[C@@H](C)N(Cc1cccc(OC)c1)C(=O)CN(c1ccc(C)c(C)c1)S(C)(=O)=O. The third-order valence-corrected chi connectivity index (χ3v) is 7.08. The van der Waals surface area contributed by atoms with Crippen LogP contribution < -0.4 is 14.4 Å². The summed E-state index contributed by atoms with van der Waals surface area (Å²) < 4.78 is 31.7. The summed E-state index contributed by atoms with van der Waals surface area (Å²) in [5, 5.41) is 2.87. The van der Waals surface area contributed by atoms with E-state index < -0.39 is 28.5 Å². The quantitative estimate of drug-likeness (QED) is 0.448. The molecule has 0 aliphatic carbocycles. The fourth-order valence-electron chi connectivity index (χ4n) is 3.58. The highest BCUT2D eigenvalue weighted by atomic mass is 32.2. The van der Waals surface area contributed by atoms with Crippen molar-refractivity contribution in [2.75, 3.05) is 30.8 Å². The molecule has 0 spiro atoms. The van der Waals surface area contributed by atoms with E-state index in [1.807, 2.05) is 32.9 Å². The van der Waals surface area contributed by atoms with Gasteiger partial charge in [0.15, 0.2) is 0 Å². The van der Waals surface area contributed by atoms with Gasteiger partial charge in [0.25, 0.3) is 0 Å². The molecular weight excluding hydrogens is 466 g/mol. The molecule has 192 valence electrons. The summed E-state index contributed by atoms with van der Waals surface area (Å²) in [5.41, 5.74) is 3.11. The number of carbonyl (C=O) groups excluding carboxylic acids is 2. The third-order valence-electron chi connectivity index (χ3n) is 5.94. The number of aryl methyl sites for hydroxylation is 2. The summed E-state index contributed by atoms with van der Waals surface area (Å²) in [7, 11) is -2.20. The highest BCUT2D eigenvalue weighted by Gasteiger charge is 2.30. The molecule has 1 N–H and O–H groups in total. The summed E-state index contributed by atoms with van der Waals surface area (Å²) in [6, 6.07) is 11.7. The Morgan fingerprint density at radius 3 is 2.40 bits per heavy atom. The van der Waals surface area contributed by atoms with Crippen molar-refractivity contribution < 1.29 is 22.7 Å². The number of unbranched alkanes of at least 4 members (excludes halogenated alkanes) is 1. The summed E-state index contributed by atoms with van der Waals surface area (Å²) in [6.45, 7) is 7.73. The van der Waals surface area contributed by atoms with Crippen LogP contribution in [-0.4, -0.2) is 57.6 Å². The molecule has 0 fully saturated rings. The van der Waals surface area contributed by atoms with Gasteiger partial charge in [0.05, 0.1) is 19.1 Å². The number of nitrogens with zero attached hydrogens (tertiary/aromatic N) is 2. The molecule has 8 nitrogen and oxygen atoms in total. The van der Waals surface area contributed by atoms with Gasteiger partial charge in [0.1, 0.15) is 18.3 Å². The number of nitrogens with one attached hydrogen (secondary N) is 1. The molecule has 0 bridgehead atoms. The van der Waals surface area contributed by atoms with E-state index in [-0.39, 0.29) is 12.5 Å². The number of benzene rings is 2. The van der Waals surface area contributed by atoms with Crippen molar-refractivity contribution in [3.8, 4) is 5.75 Å². The number of rotatable bonds is 12. The summed E-state index contributed by atoms with van der Waals surface area (Å²) in [4.78, 5) is 27.8. The Bertz CT molecular complexity index is 1130. The lowest BCUT2D eigenvalue weighted by atomic mass is 10.1. The highest BCUT2D eigenvalue weighted by Crippen LogP contribution is 2.22. The molecule has 9 heteroatoms. The molecule has 0 saturated carbocycles. The van der Waals surface area contributed by atoms with Crippen molar-refractivity contribution in [3.63, 3.8) is 0 Å². The molecule has 2 aromatic carbocycles. The number of hydrogen-bond acceptors (Lipinski definition) is 5. The fourth-order valence-corrected chi connectivity index (χ4v) is 4.42. The molecular formula is C26H37N3O5S. The van der Waals surface area contributed by atoms with Gasteiger partial charge in [-0.25, -0.2) is 8.42 Å². The molecule has 35 heavy (non-hydrogen) atoms. The predicted octanol–water partition coefficient (Wildman–Crippen LogP) is 3.41. The van der Waals surface area contributed by atoms with Crippen molar-refractivity contribution in [3.05, 3.63) is 59.2 Å². The number of amides is 2. The summed E-state index contributed by atoms with van der Waals surface area (Å²) >= 11 is 0. The minimum Gasteiger partial charge on any atom is -0.497 e. The van der Waals surface area contributed by atoms with Gasteiger partial charge in [-0.05, 0) is 68.1 Å². The first kappa shape index (κ1) is 28.2. The Morgan fingerprint density at radius 2 is 1.80 bits per heavy atom.